The van der Waals surface area contributed by atoms with Crippen molar-refractivity contribution in [1.82, 2.24) is 9.55 Å². The molecule has 6 heteroatoms. The Morgan fingerprint density at radius 1 is 1.23 bits per heavy atom. The minimum absolute atomic E-state index is 0.0400. The average Bonchev–Trinajstić information content (AvgIpc) is 3.22. The molecule has 1 aliphatic heterocycles. The van der Waals surface area contributed by atoms with E-state index in [1.807, 2.05) is 51.9 Å². The summed E-state index contributed by atoms with van der Waals surface area (Å²) in [6.07, 6.45) is 0.393. The fourth-order valence-electron chi connectivity index (χ4n) is 3.43. The predicted molar refractivity (Wildman–Crippen MR) is 102 cm³/mol. The van der Waals surface area contributed by atoms with Gasteiger partial charge in [0.2, 0.25) is 11.9 Å². The Balaban J connectivity index is 1.64. The molecule has 1 aliphatic rings. The lowest BCUT2D eigenvalue weighted by molar-refractivity contribution is -0.119. The molecule has 0 aliphatic carbocycles. The molecule has 1 aromatic heterocycles. The molecule has 2 aromatic carbocycles. The van der Waals surface area contributed by atoms with Gasteiger partial charge < -0.3 is 19.9 Å². The Hall–Kier alpha value is -2.86. The Morgan fingerprint density at radius 2 is 2.00 bits per heavy atom. The van der Waals surface area contributed by atoms with E-state index in [0.717, 1.165) is 23.1 Å². The van der Waals surface area contributed by atoms with Gasteiger partial charge in [0, 0.05) is 18.8 Å². The predicted octanol–water partition coefficient (Wildman–Crippen LogP) is 2.42. The highest BCUT2D eigenvalue weighted by Gasteiger charge is 2.25. The molecule has 3 aromatic rings. The number of hydrogen-bond acceptors (Lipinski definition) is 4. The Bertz CT molecular complexity index is 948. The number of hydrogen-bond donors (Lipinski definition) is 2. The second-order valence-corrected chi connectivity index (χ2v) is 6.66. The summed E-state index contributed by atoms with van der Waals surface area (Å²) < 4.78 is 1.89. The molecule has 134 valence electrons. The lowest BCUT2D eigenvalue weighted by atomic mass is 10.2. The third-order valence-corrected chi connectivity index (χ3v) is 4.69. The molecule has 4 rings (SSSR count). The highest BCUT2D eigenvalue weighted by atomic mass is 16.3. The van der Waals surface area contributed by atoms with Gasteiger partial charge >= 0.3 is 0 Å². The summed E-state index contributed by atoms with van der Waals surface area (Å²) in [7, 11) is 0. The molecule has 1 unspecified atom stereocenters. The van der Waals surface area contributed by atoms with Gasteiger partial charge in [0.05, 0.1) is 17.1 Å². The number of fused-ring (bicyclic) bond motifs is 2. The van der Waals surface area contributed by atoms with E-state index in [1.165, 1.54) is 5.56 Å². The van der Waals surface area contributed by atoms with Crippen LogP contribution in [0.2, 0.25) is 0 Å². The molecule has 1 amide bonds. The van der Waals surface area contributed by atoms with E-state index >= 15 is 0 Å². The summed E-state index contributed by atoms with van der Waals surface area (Å²) in [5, 5.41) is 12.7. The summed E-state index contributed by atoms with van der Waals surface area (Å²) in [4.78, 5) is 19.4. The lowest BCUT2D eigenvalue weighted by Gasteiger charge is -2.19. The first-order valence-electron chi connectivity index (χ1n) is 8.89. The molecule has 0 saturated heterocycles. The van der Waals surface area contributed by atoms with Crippen LogP contribution in [-0.2, 0) is 17.8 Å². The van der Waals surface area contributed by atoms with Gasteiger partial charge in [-0.1, -0.05) is 30.3 Å². The van der Waals surface area contributed by atoms with Crippen LogP contribution in [0.4, 0.5) is 11.6 Å². The maximum Gasteiger partial charge on any atom is 0.247 e. The monoisotopic (exact) mass is 350 g/mol. The average molecular weight is 350 g/mol. The number of para-hydroxylation sites is 3. The van der Waals surface area contributed by atoms with Crippen molar-refractivity contribution in [2.45, 2.75) is 26.0 Å². The summed E-state index contributed by atoms with van der Waals surface area (Å²) in [5.74, 6) is 0.645. The van der Waals surface area contributed by atoms with Gasteiger partial charge in [-0.05, 0) is 37.1 Å². The molecule has 1 atom stereocenters. The molecule has 6 nitrogen and oxygen atoms in total. The molecule has 0 spiro atoms. The number of imidazole rings is 1. The quantitative estimate of drug-likeness (QED) is 0.741. The molecule has 0 saturated carbocycles. The molecule has 26 heavy (non-hydrogen) atoms. The fraction of sp³-hybridized carbons (Fsp3) is 0.300. The van der Waals surface area contributed by atoms with E-state index in [1.54, 1.807) is 6.92 Å². The van der Waals surface area contributed by atoms with Gasteiger partial charge in [0.25, 0.3) is 0 Å². The Kier molecular flexibility index (Phi) is 4.34. The number of carbonyl (C=O) groups is 1. The van der Waals surface area contributed by atoms with Crippen LogP contribution in [0.1, 0.15) is 12.5 Å². The van der Waals surface area contributed by atoms with Crippen LogP contribution in [-0.4, -0.2) is 39.8 Å². The Morgan fingerprint density at radius 3 is 2.85 bits per heavy atom. The zero-order valence-electron chi connectivity index (χ0n) is 14.7. The zero-order valence-corrected chi connectivity index (χ0v) is 14.7. The Labute approximate surface area is 152 Å². The number of nitrogens with zero attached hydrogens (tertiary/aromatic N) is 3. The van der Waals surface area contributed by atoms with E-state index in [0.29, 0.717) is 19.0 Å². The first-order chi connectivity index (χ1) is 12.6. The van der Waals surface area contributed by atoms with Crippen LogP contribution in [0.15, 0.2) is 48.5 Å². The third kappa shape index (κ3) is 3.04. The summed E-state index contributed by atoms with van der Waals surface area (Å²) in [6, 6.07) is 15.8. The number of benzene rings is 2. The number of carbonyl (C=O) groups excluding carboxylic acids is 1. The molecule has 0 bridgehead atoms. The smallest absolute Gasteiger partial charge is 0.247 e. The van der Waals surface area contributed by atoms with Crippen LogP contribution < -0.4 is 10.2 Å². The lowest BCUT2D eigenvalue weighted by Crippen LogP contribution is -2.32. The summed E-state index contributed by atoms with van der Waals surface area (Å²) in [5.41, 5.74) is 3.95. The normalized spacial score (nSPS) is 14.5. The number of rotatable bonds is 5. The fourth-order valence-corrected chi connectivity index (χ4v) is 3.43. The topological polar surface area (TPSA) is 70.4 Å². The van der Waals surface area contributed by atoms with Crippen molar-refractivity contribution >= 4 is 28.6 Å². The number of amides is 1. The van der Waals surface area contributed by atoms with Crippen molar-refractivity contribution in [3.05, 3.63) is 54.1 Å². The summed E-state index contributed by atoms with van der Waals surface area (Å²) in [6.45, 7) is 3.01. The SMILES string of the molecule is CC(O)CNc1nc2ccccc2n1CC(=O)N1CCc2ccccc21. The number of aromatic nitrogens is 2. The first kappa shape index (κ1) is 16.6. The molecule has 2 heterocycles. The highest BCUT2D eigenvalue weighted by Crippen LogP contribution is 2.28. The maximum atomic E-state index is 13.0. The van der Waals surface area contributed by atoms with Gasteiger partial charge in [-0.15, -0.1) is 0 Å². The maximum absolute atomic E-state index is 13.0. The largest absolute Gasteiger partial charge is 0.392 e. The van der Waals surface area contributed by atoms with Crippen LogP contribution in [0, 0.1) is 0 Å². The van der Waals surface area contributed by atoms with Crippen molar-refractivity contribution in [3.63, 3.8) is 0 Å². The van der Waals surface area contributed by atoms with E-state index in [-0.39, 0.29) is 12.5 Å². The standard InChI is InChI=1S/C20H22N4O2/c1-14(25)12-21-20-22-16-7-3-5-9-18(16)24(20)13-19(26)23-11-10-15-6-2-4-8-17(15)23/h2-9,14,25H,10-13H2,1H3,(H,21,22). The van der Waals surface area contributed by atoms with E-state index in [2.05, 4.69) is 16.4 Å². The van der Waals surface area contributed by atoms with E-state index in [9.17, 15) is 9.90 Å². The minimum Gasteiger partial charge on any atom is -0.392 e. The second kappa shape index (κ2) is 6.80. The first-order valence-corrected chi connectivity index (χ1v) is 8.89. The van der Waals surface area contributed by atoms with Crippen molar-refractivity contribution in [3.8, 4) is 0 Å². The van der Waals surface area contributed by atoms with Gasteiger partial charge in [0.1, 0.15) is 6.54 Å². The van der Waals surface area contributed by atoms with Gasteiger partial charge in [-0.3, -0.25) is 4.79 Å². The molecular formula is C20H22N4O2. The number of nitrogens with one attached hydrogen (secondary N) is 1. The van der Waals surface area contributed by atoms with Crippen molar-refractivity contribution in [1.29, 1.82) is 0 Å². The van der Waals surface area contributed by atoms with E-state index in [4.69, 9.17) is 0 Å². The zero-order chi connectivity index (χ0) is 18.1. The number of aliphatic hydroxyl groups excluding tert-OH is 1. The molecule has 2 N–H and O–H groups in total. The minimum atomic E-state index is -0.496. The number of anilines is 2. The van der Waals surface area contributed by atoms with Gasteiger partial charge in [-0.2, -0.15) is 0 Å². The van der Waals surface area contributed by atoms with Crippen molar-refractivity contribution in [2.24, 2.45) is 0 Å². The highest BCUT2D eigenvalue weighted by molar-refractivity contribution is 5.96. The summed E-state index contributed by atoms with van der Waals surface area (Å²) >= 11 is 0. The van der Waals surface area contributed by atoms with E-state index < -0.39 is 6.10 Å². The molecule has 0 fully saturated rings. The van der Waals surface area contributed by atoms with Crippen LogP contribution in [0.3, 0.4) is 0 Å². The van der Waals surface area contributed by atoms with Gasteiger partial charge in [0.15, 0.2) is 0 Å². The van der Waals surface area contributed by atoms with Crippen molar-refractivity contribution < 1.29 is 9.90 Å². The van der Waals surface area contributed by atoms with Crippen LogP contribution in [0.25, 0.3) is 11.0 Å². The second-order valence-electron chi connectivity index (χ2n) is 6.66. The molecule has 0 radical (unpaired) electrons. The van der Waals surface area contributed by atoms with Crippen LogP contribution >= 0.6 is 0 Å². The van der Waals surface area contributed by atoms with Crippen LogP contribution in [0.5, 0.6) is 0 Å². The molecular weight excluding hydrogens is 328 g/mol. The van der Waals surface area contributed by atoms with Crippen molar-refractivity contribution in [2.75, 3.05) is 23.3 Å². The third-order valence-electron chi connectivity index (χ3n) is 4.69. The van der Waals surface area contributed by atoms with Gasteiger partial charge in [-0.25, -0.2) is 4.98 Å². The number of aliphatic hydroxyl groups is 1.